The number of benzene rings is 7. The van der Waals surface area contributed by atoms with Crippen LogP contribution >= 0.6 is 11.3 Å². The second kappa shape index (κ2) is 11.1. The number of para-hydroxylation sites is 1. The first-order valence-corrected chi connectivity index (χ1v) is 22.4. The van der Waals surface area contributed by atoms with Crippen molar-refractivity contribution >= 4 is 84.2 Å². The summed E-state index contributed by atoms with van der Waals surface area (Å²) in [5.74, 6) is 1.73. The predicted molar refractivity (Wildman–Crippen MR) is 217 cm³/mol. The molecule has 0 fully saturated rings. The maximum absolute atomic E-state index is 5.75. The zero-order valence-electron chi connectivity index (χ0n) is 27.5. The van der Waals surface area contributed by atoms with Gasteiger partial charge in [-0.3, -0.25) is 0 Å². The van der Waals surface area contributed by atoms with Crippen LogP contribution in [0.3, 0.4) is 0 Å². The van der Waals surface area contributed by atoms with Crippen molar-refractivity contribution in [2.75, 3.05) is 0 Å². The van der Waals surface area contributed by atoms with E-state index in [0.717, 1.165) is 28.4 Å². The zero-order valence-corrected chi connectivity index (χ0v) is 30.4. The predicted octanol–water partition coefficient (Wildman–Crippen LogP) is 8.97. The topological polar surface area (TPSA) is 30.7 Å². The van der Waals surface area contributed by atoms with Gasteiger partial charge in [-0.2, -0.15) is 0 Å². The van der Waals surface area contributed by atoms with Gasteiger partial charge in [0.05, 0.1) is 0 Å². The number of thiophene rings is 1. The summed E-state index contributed by atoms with van der Waals surface area (Å²) < 4.78 is 10.5. The Labute approximate surface area is 301 Å². The summed E-state index contributed by atoms with van der Waals surface area (Å²) in [6.07, 6.45) is 0. The van der Waals surface area contributed by atoms with Crippen molar-refractivity contribution in [1.29, 1.82) is 0 Å². The molecule has 0 atom stereocenters. The molecule has 0 bridgehead atoms. The minimum absolute atomic E-state index is 0.743. The van der Waals surface area contributed by atoms with Crippen LogP contribution in [-0.4, -0.2) is 27.8 Å². The molecule has 7 aromatic carbocycles. The first-order chi connectivity index (χ1) is 25.3. The van der Waals surface area contributed by atoms with Crippen molar-refractivity contribution in [3.05, 3.63) is 176 Å². The van der Waals surface area contributed by atoms with E-state index >= 15 is 0 Å². The van der Waals surface area contributed by atoms with E-state index in [0.29, 0.717) is 0 Å². The molecular formula is C46H29GeN3S. The number of rotatable bonds is 4. The van der Waals surface area contributed by atoms with Gasteiger partial charge in [-0.15, -0.1) is 0 Å². The molecule has 0 radical (unpaired) electrons. The van der Waals surface area contributed by atoms with E-state index < -0.39 is 13.3 Å². The third kappa shape index (κ3) is 4.00. The van der Waals surface area contributed by atoms with Crippen LogP contribution in [0.25, 0.3) is 70.4 Å². The summed E-state index contributed by atoms with van der Waals surface area (Å²) in [4.78, 5) is 11.3. The van der Waals surface area contributed by atoms with E-state index in [4.69, 9.17) is 9.97 Å². The third-order valence-corrected chi connectivity index (χ3v) is 22.1. The van der Waals surface area contributed by atoms with Crippen LogP contribution in [0.5, 0.6) is 0 Å². The van der Waals surface area contributed by atoms with Crippen molar-refractivity contribution in [3.8, 4) is 28.5 Å². The molecule has 0 N–H and O–H groups in total. The van der Waals surface area contributed by atoms with Crippen LogP contribution < -0.4 is 17.6 Å². The Bertz CT molecular complexity index is 2930. The molecule has 0 aliphatic carbocycles. The summed E-state index contributed by atoms with van der Waals surface area (Å²) in [6, 6.07) is 64.3. The molecule has 11 rings (SSSR count). The normalized spacial score (nSPS) is 13.3. The van der Waals surface area contributed by atoms with Gasteiger partial charge in [0.25, 0.3) is 0 Å². The summed E-state index contributed by atoms with van der Waals surface area (Å²) >= 11 is -1.89. The molecule has 4 heterocycles. The number of aromatic nitrogens is 3. The van der Waals surface area contributed by atoms with Crippen LogP contribution in [0.15, 0.2) is 176 Å². The van der Waals surface area contributed by atoms with Gasteiger partial charge in [-0.05, 0) is 0 Å². The SMILES string of the molecule is c1ccc(-c2nc3[c](c(-n4c5ccccc5c5ccc6c7ccccc7sc6c54)n2)[Ge]([c]2ccccc2)([c]2ccccc2)[c]2ccccc2-3)cc1. The van der Waals surface area contributed by atoms with Crippen molar-refractivity contribution < 1.29 is 0 Å². The van der Waals surface area contributed by atoms with Gasteiger partial charge in [0.15, 0.2) is 0 Å². The van der Waals surface area contributed by atoms with Gasteiger partial charge in [0.1, 0.15) is 0 Å². The van der Waals surface area contributed by atoms with Crippen LogP contribution in [0.2, 0.25) is 0 Å². The number of hydrogen-bond donors (Lipinski definition) is 0. The van der Waals surface area contributed by atoms with Crippen LogP contribution in [0, 0.1) is 0 Å². The Hall–Kier alpha value is -5.82. The molecule has 0 amide bonds. The summed E-state index contributed by atoms with van der Waals surface area (Å²) in [7, 11) is 0. The Balaban J connectivity index is 1.40. The molecule has 1 aliphatic heterocycles. The van der Waals surface area contributed by atoms with E-state index in [1.54, 1.807) is 0 Å². The Kier molecular flexibility index (Phi) is 6.30. The molecule has 1 aliphatic rings. The van der Waals surface area contributed by atoms with E-state index in [1.165, 1.54) is 59.6 Å². The molecule has 0 spiro atoms. The molecular weight excluding hydrogens is 699 g/mol. The standard InChI is InChI=1S/C46H29GeN3S/c1-4-16-30(17-5-1)45-48-42-37-24-10-13-25-38(37)47(31-18-6-2-7-19-31,32-20-8-3-9-21-32)41(42)46(49-45)50-39-26-14-11-22-33(39)35-28-29-36-34-23-12-15-27-40(34)51-44(36)43(35)50/h1-29H. The van der Waals surface area contributed by atoms with Crippen LogP contribution in [0.4, 0.5) is 0 Å². The molecule has 238 valence electrons. The van der Waals surface area contributed by atoms with E-state index in [2.05, 4.69) is 180 Å². The fourth-order valence-electron chi connectivity index (χ4n) is 8.61. The second-order valence-corrected chi connectivity index (χ2v) is 22.1. The first kappa shape index (κ1) is 29.0. The van der Waals surface area contributed by atoms with E-state index in [9.17, 15) is 0 Å². The van der Waals surface area contributed by atoms with Gasteiger partial charge >= 0.3 is 303 Å². The summed E-state index contributed by atoms with van der Waals surface area (Å²) in [5, 5.41) is 5.05. The Morgan fingerprint density at radius 3 is 1.86 bits per heavy atom. The van der Waals surface area contributed by atoms with Gasteiger partial charge < -0.3 is 0 Å². The molecule has 0 saturated heterocycles. The second-order valence-electron chi connectivity index (χ2n) is 13.3. The van der Waals surface area contributed by atoms with Gasteiger partial charge in [0.2, 0.25) is 0 Å². The Morgan fingerprint density at radius 1 is 0.490 bits per heavy atom. The molecule has 0 unspecified atom stereocenters. The number of fused-ring (bicyclic) bond motifs is 10. The van der Waals surface area contributed by atoms with Gasteiger partial charge in [-0.25, -0.2) is 0 Å². The molecule has 3 nitrogen and oxygen atoms in total. The minimum atomic E-state index is -3.77. The summed E-state index contributed by atoms with van der Waals surface area (Å²) in [5.41, 5.74) is 5.65. The molecule has 51 heavy (non-hydrogen) atoms. The quantitative estimate of drug-likeness (QED) is 0.170. The van der Waals surface area contributed by atoms with Gasteiger partial charge in [0, 0.05) is 0 Å². The van der Waals surface area contributed by atoms with Crippen molar-refractivity contribution in [2.24, 2.45) is 0 Å². The monoisotopic (exact) mass is 729 g/mol. The fraction of sp³-hybridized carbons (Fsp3) is 0. The third-order valence-electron chi connectivity index (χ3n) is 10.7. The molecule has 10 aromatic rings. The van der Waals surface area contributed by atoms with E-state index in [-0.39, 0.29) is 0 Å². The molecule has 5 heteroatoms. The summed E-state index contributed by atoms with van der Waals surface area (Å²) in [6.45, 7) is 0. The van der Waals surface area contributed by atoms with Crippen LogP contribution in [-0.2, 0) is 0 Å². The van der Waals surface area contributed by atoms with Gasteiger partial charge in [-0.1, -0.05) is 0 Å². The van der Waals surface area contributed by atoms with Crippen LogP contribution in [0.1, 0.15) is 0 Å². The van der Waals surface area contributed by atoms with Crippen molar-refractivity contribution in [1.82, 2.24) is 14.5 Å². The Morgan fingerprint density at radius 2 is 1.10 bits per heavy atom. The first-order valence-electron chi connectivity index (χ1n) is 17.3. The number of hydrogen-bond acceptors (Lipinski definition) is 3. The fourth-order valence-corrected chi connectivity index (χ4v) is 20.7. The average molecular weight is 728 g/mol. The average Bonchev–Trinajstić information content (AvgIpc) is 3.85. The van der Waals surface area contributed by atoms with E-state index in [1.807, 2.05) is 11.3 Å². The zero-order chi connectivity index (χ0) is 33.5. The number of nitrogens with zero attached hydrogens (tertiary/aromatic N) is 3. The van der Waals surface area contributed by atoms with Crippen molar-refractivity contribution in [3.63, 3.8) is 0 Å². The van der Waals surface area contributed by atoms with Crippen molar-refractivity contribution in [2.45, 2.75) is 0 Å². The molecule has 3 aromatic heterocycles. The maximum atomic E-state index is 5.75. The molecule has 0 saturated carbocycles.